The van der Waals surface area contributed by atoms with Gasteiger partial charge in [-0.15, -0.1) is 0 Å². The molecular formula is C18H25N5O2S. The predicted octanol–water partition coefficient (Wildman–Crippen LogP) is 2.65. The van der Waals surface area contributed by atoms with E-state index in [2.05, 4.69) is 35.2 Å². The molecule has 0 saturated carbocycles. The van der Waals surface area contributed by atoms with Gasteiger partial charge in [-0.2, -0.15) is 4.68 Å². The van der Waals surface area contributed by atoms with Crippen LogP contribution in [0, 0.1) is 24.5 Å². The Balaban J connectivity index is 1.66. The predicted molar refractivity (Wildman–Crippen MR) is 101 cm³/mol. The molecule has 1 aliphatic heterocycles. The molecule has 0 aliphatic carbocycles. The van der Waals surface area contributed by atoms with Gasteiger partial charge >= 0.3 is 5.97 Å². The molecule has 1 aliphatic rings. The number of esters is 1. The Morgan fingerprint density at radius 2 is 1.85 bits per heavy atom. The van der Waals surface area contributed by atoms with Crippen molar-refractivity contribution >= 4 is 18.2 Å². The summed E-state index contributed by atoms with van der Waals surface area (Å²) >= 11 is 5.56. The second-order valence-electron chi connectivity index (χ2n) is 6.80. The van der Waals surface area contributed by atoms with Crippen molar-refractivity contribution in [3.63, 3.8) is 0 Å². The van der Waals surface area contributed by atoms with E-state index in [0.29, 0.717) is 18.0 Å². The molecular weight excluding hydrogens is 350 g/mol. The number of nitrogens with zero attached hydrogens (tertiary/aromatic N) is 5. The van der Waals surface area contributed by atoms with E-state index in [1.165, 1.54) is 0 Å². The van der Waals surface area contributed by atoms with Gasteiger partial charge in [0.1, 0.15) is 0 Å². The van der Waals surface area contributed by atoms with Crippen LogP contribution in [0.5, 0.6) is 0 Å². The highest BCUT2D eigenvalue weighted by Crippen LogP contribution is 2.19. The average molecular weight is 375 g/mol. The van der Waals surface area contributed by atoms with Crippen LogP contribution in [0.3, 0.4) is 0 Å². The smallest absolute Gasteiger partial charge is 0.309 e. The van der Waals surface area contributed by atoms with Gasteiger partial charge in [0.25, 0.3) is 0 Å². The van der Waals surface area contributed by atoms with E-state index in [-0.39, 0.29) is 11.9 Å². The molecule has 0 radical (unpaired) electrons. The van der Waals surface area contributed by atoms with E-state index in [1.54, 1.807) is 9.36 Å². The number of benzene rings is 1. The lowest BCUT2D eigenvalue weighted by Gasteiger charge is -2.30. The number of hydrogen-bond donors (Lipinski definition) is 0. The molecule has 2 aromatic rings. The number of tetrazole rings is 1. The zero-order valence-corrected chi connectivity index (χ0v) is 16.3. The lowest BCUT2D eigenvalue weighted by Crippen LogP contribution is -2.38. The van der Waals surface area contributed by atoms with E-state index in [1.807, 2.05) is 19.1 Å². The Kier molecular flexibility index (Phi) is 5.83. The normalized spacial score (nSPS) is 16.0. The first-order valence-electron chi connectivity index (χ1n) is 8.98. The van der Waals surface area contributed by atoms with Crippen molar-refractivity contribution in [2.45, 2.75) is 40.3 Å². The van der Waals surface area contributed by atoms with Crippen molar-refractivity contribution in [3.8, 4) is 5.69 Å². The molecule has 0 N–H and O–H groups in total. The van der Waals surface area contributed by atoms with Crippen LogP contribution in [0.1, 0.15) is 30.9 Å². The molecule has 1 fully saturated rings. The highest BCUT2D eigenvalue weighted by molar-refractivity contribution is 7.71. The monoisotopic (exact) mass is 375 g/mol. The van der Waals surface area contributed by atoms with Gasteiger partial charge in [0, 0.05) is 13.1 Å². The van der Waals surface area contributed by atoms with Crippen LogP contribution >= 0.6 is 12.2 Å². The van der Waals surface area contributed by atoms with Gasteiger partial charge in [0.2, 0.25) is 4.77 Å². The van der Waals surface area contributed by atoms with Crippen LogP contribution in [0.15, 0.2) is 18.2 Å². The maximum absolute atomic E-state index is 11.8. The summed E-state index contributed by atoms with van der Waals surface area (Å²) in [6.07, 6.45) is 1.61. The molecule has 1 aromatic heterocycles. The first-order chi connectivity index (χ1) is 12.5. The number of aromatic nitrogens is 4. The molecule has 8 heteroatoms. The lowest BCUT2D eigenvalue weighted by molar-refractivity contribution is -0.149. The molecule has 1 aromatic carbocycles. The van der Waals surface area contributed by atoms with Crippen LogP contribution in [0.4, 0.5) is 0 Å². The van der Waals surface area contributed by atoms with Gasteiger partial charge in [-0.1, -0.05) is 6.07 Å². The average Bonchev–Trinajstić information content (AvgIpc) is 2.95. The number of carbonyl (C=O) groups is 1. The Hall–Kier alpha value is -2.06. The van der Waals surface area contributed by atoms with E-state index < -0.39 is 0 Å². The number of rotatable bonds is 5. The summed E-state index contributed by atoms with van der Waals surface area (Å²) in [4.78, 5) is 14.1. The second-order valence-corrected chi connectivity index (χ2v) is 7.17. The Labute approximate surface area is 158 Å². The highest BCUT2D eigenvalue weighted by atomic mass is 32.1. The Morgan fingerprint density at radius 3 is 2.46 bits per heavy atom. The van der Waals surface area contributed by atoms with Crippen LogP contribution < -0.4 is 0 Å². The topological polar surface area (TPSA) is 65.2 Å². The zero-order valence-electron chi connectivity index (χ0n) is 15.5. The molecule has 0 spiro atoms. The Morgan fingerprint density at radius 1 is 1.19 bits per heavy atom. The molecule has 0 atom stereocenters. The third-order valence-electron chi connectivity index (χ3n) is 4.63. The molecule has 3 rings (SSSR count). The van der Waals surface area contributed by atoms with E-state index in [4.69, 9.17) is 17.0 Å². The molecule has 140 valence electrons. The van der Waals surface area contributed by atoms with Gasteiger partial charge in [-0.05, 0) is 79.5 Å². The van der Waals surface area contributed by atoms with Crippen LogP contribution in [0.2, 0.25) is 0 Å². The lowest BCUT2D eigenvalue weighted by atomic mass is 9.97. The molecule has 1 saturated heterocycles. The summed E-state index contributed by atoms with van der Waals surface area (Å²) < 4.78 is 9.12. The van der Waals surface area contributed by atoms with Crippen molar-refractivity contribution in [3.05, 3.63) is 34.1 Å². The zero-order chi connectivity index (χ0) is 18.7. The van der Waals surface area contributed by atoms with Crippen LogP contribution in [-0.2, 0) is 16.2 Å². The van der Waals surface area contributed by atoms with E-state index >= 15 is 0 Å². The first kappa shape index (κ1) is 18.7. The molecule has 2 heterocycles. The molecule has 26 heavy (non-hydrogen) atoms. The summed E-state index contributed by atoms with van der Waals surface area (Å²) in [5.74, 6) is -0.0744. The minimum Gasteiger partial charge on any atom is -0.466 e. The number of piperidine rings is 1. The highest BCUT2D eigenvalue weighted by Gasteiger charge is 2.26. The summed E-state index contributed by atoms with van der Waals surface area (Å²) in [6, 6.07) is 6.21. The maximum atomic E-state index is 11.8. The summed E-state index contributed by atoms with van der Waals surface area (Å²) in [7, 11) is 0. The van der Waals surface area contributed by atoms with Crippen LogP contribution in [-0.4, -0.2) is 50.4 Å². The van der Waals surface area contributed by atoms with Gasteiger partial charge in [0.15, 0.2) is 0 Å². The fourth-order valence-corrected chi connectivity index (χ4v) is 3.59. The number of aryl methyl sites for hydroxylation is 2. The molecule has 0 amide bonds. The molecule has 0 unspecified atom stereocenters. The number of hydrogen-bond acceptors (Lipinski definition) is 6. The second kappa shape index (κ2) is 8.09. The molecule has 7 nitrogen and oxygen atoms in total. The molecule has 0 bridgehead atoms. The van der Waals surface area contributed by atoms with E-state index in [0.717, 1.165) is 42.7 Å². The van der Waals surface area contributed by atoms with Gasteiger partial charge in [-0.3, -0.25) is 9.69 Å². The van der Waals surface area contributed by atoms with Crippen molar-refractivity contribution in [2.75, 3.05) is 19.7 Å². The maximum Gasteiger partial charge on any atom is 0.309 e. The number of carbonyl (C=O) groups excluding carboxylic acids is 1. The summed E-state index contributed by atoms with van der Waals surface area (Å²) in [5, 5.41) is 8.45. The van der Waals surface area contributed by atoms with Gasteiger partial charge < -0.3 is 4.74 Å². The summed E-state index contributed by atoms with van der Waals surface area (Å²) in [5.41, 5.74) is 3.26. The van der Waals surface area contributed by atoms with Gasteiger partial charge in [0.05, 0.1) is 24.9 Å². The first-order valence-corrected chi connectivity index (χ1v) is 9.39. The number of likely N-dealkylation sites (tertiary alicyclic amines) is 1. The minimum absolute atomic E-state index is 0.00474. The van der Waals surface area contributed by atoms with Gasteiger partial charge in [-0.25, -0.2) is 4.68 Å². The quantitative estimate of drug-likeness (QED) is 0.591. The minimum atomic E-state index is -0.0791. The third-order valence-corrected chi connectivity index (χ3v) is 5.02. The Bertz CT molecular complexity index is 816. The number of ether oxygens (including phenoxy) is 1. The SMILES string of the molecule is CCOC(=O)C1CCN(Cn2nnn(-c3cc(C)cc(C)c3)c2=S)CC1. The van der Waals surface area contributed by atoms with Crippen molar-refractivity contribution in [1.82, 2.24) is 24.7 Å². The fraction of sp³-hybridized carbons (Fsp3) is 0.556. The van der Waals surface area contributed by atoms with Crippen molar-refractivity contribution in [2.24, 2.45) is 5.92 Å². The largest absolute Gasteiger partial charge is 0.466 e. The fourth-order valence-electron chi connectivity index (χ4n) is 3.36. The van der Waals surface area contributed by atoms with E-state index in [9.17, 15) is 4.79 Å². The third kappa shape index (κ3) is 4.19. The van der Waals surface area contributed by atoms with Crippen molar-refractivity contribution in [1.29, 1.82) is 0 Å². The van der Waals surface area contributed by atoms with Crippen molar-refractivity contribution < 1.29 is 9.53 Å². The summed E-state index contributed by atoms with van der Waals surface area (Å²) in [6.45, 7) is 8.61. The van der Waals surface area contributed by atoms with Crippen LogP contribution in [0.25, 0.3) is 5.69 Å². The standard InChI is InChI=1S/C18H25N5O2S/c1-4-25-17(24)15-5-7-21(8-6-15)12-22-18(26)23(20-19-22)16-10-13(2)9-14(3)11-16/h9-11,15H,4-8,12H2,1-3H3.